The smallest absolute Gasteiger partial charge is 0.305 e. The molecule has 0 aromatic rings. The van der Waals surface area contributed by atoms with E-state index in [1.54, 1.807) is 0 Å². The molecule has 1 aliphatic heterocycles. The van der Waals surface area contributed by atoms with Gasteiger partial charge in [0.05, 0.1) is 7.11 Å². The molecular weight excluding hydrogens is 158 g/mol. The van der Waals surface area contributed by atoms with Crippen LogP contribution >= 0.6 is 0 Å². The maximum absolute atomic E-state index is 10.8. The van der Waals surface area contributed by atoms with Gasteiger partial charge in [-0.25, -0.2) is 0 Å². The van der Waals surface area contributed by atoms with E-state index in [9.17, 15) is 4.79 Å². The molecule has 0 spiro atoms. The molecule has 0 bridgehead atoms. The molecule has 0 unspecified atom stereocenters. The van der Waals surface area contributed by atoms with Gasteiger partial charge in [-0.1, -0.05) is 0 Å². The Hall–Kier alpha value is -0.970. The zero-order chi connectivity index (χ0) is 9.03. The molecule has 0 amide bonds. The molecular formula is C7H13N3O2. The van der Waals surface area contributed by atoms with Crippen molar-refractivity contribution in [1.29, 1.82) is 0 Å². The Balaban J connectivity index is 2.18. The second-order valence-corrected chi connectivity index (χ2v) is 2.80. The lowest BCUT2D eigenvalue weighted by Crippen LogP contribution is -2.18. The lowest BCUT2D eigenvalue weighted by Gasteiger charge is -2.06. The molecule has 0 aliphatic carbocycles. The summed E-state index contributed by atoms with van der Waals surface area (Å²) in [5.41, 5.74) is 5.01. The van der Waals surface area contributed by atoms with Crippen molar-refractivity contribution in [3.05, 3.63) is 0 Å². The number of rotatable bonds is 5. The minimum Gasteiger partial charge on any atom is -0.469 e. The first-order valence-electron chi connectivity index (χ1n) is 3.93. The van der Waals surface area contributed by atoms with Crippen molar-refractivity contribution in [1.82, 2.24) is 0 Å². The zero-order valence-corrected chi connectivity index (χ0v) is 7.12. The molecule has 0 fully saturated rings. The highest BCUT2D eigenvalue weighted by Gasteiger charge is 2.39. The summed E-state index contributed by atoms with van der Waals surface area (Å²) in [6.45, 7) is 0.550. The summed E-state index contributed by atoms with van der Waals surface area (Å²) in [6, 6.07) is 0. The van der Waals surface area contributed by atoms with Crippen LogP contribution in [0.25, 0.3) is 0 Å². The van der Waals surface area contributed by atoms with Crippen LogP contribution in [-0.4, -0.2) is 25.3 Å². The summed E-state index contributed by atoms with van der Waals surface area (Å²) in [5, 5.41) is 7.73. The quantitative estimate of drug-likeness (QED) is 0.610. The van der Waals surface area contributed by atoms with E-state index in [0.29, 0.717) is 19.4 Å². The van der Waals surface area contributed by atoms with Crippen LogP contribution in [0.1, 0.15) is 19.3 Å². The lowest BCUT2D eigenvalue weighted by molar-refractivity contribution is -0.140. The van der Waals surface area contributed by atoms with Crippen LogP contribution in [0.2, 0.25) is 0 Å². The number of hydrogen-bond donors (Lipinski definition) is 1. The average molecular weight is 171 g/mol. The van der Waals surface area contributed by atoms with Crippen molar-refractivity contribution in [2.75, 3.05) is 13.7 Å². The Morgan fingerprint density at radius 1 is 1.50 bits per heavy atom. The molecule has 1 heterocycles. The Kier molecular flexibility index (Phi) is 2.75. The first kappa shape index (κ1) is 9.12. The van der Waals surface area contributed by atoms with Crippen molar-refractivity contribution in [2.24, 2.45) is 16.0 Å². The molecule has 5 heteroatoms. The first-order chi connectivity index (χ1) is 5.72. The van der Waals surface area contributed by atoms with Gasteiger partial charge in [-0.2, -0.15) is 10.2 Å². The molecule has 1 rings (SSSR count). The second kappa shape index (κ2) is 3.62. The average Bonchev–Trinajstić information content (AvgIpc) is 2.82. The number of ether oxygens (including phenoxy) is 1. The fourth-order valence-corrected chi connectivity index (χ4v) is 1.03. The largest absolute Gasteiger partial charge is 0.469 e. The normalized spacial score (nSPS) is 17.5. The van der Waals surface area contributed by atoms with Gasteiger partial charge in [0.25, 0.3) is 0 Å². The van der Waals surface area contributed by atoms with E-state index in [4.69, 9.17) is 5.73 Å². The van der Waals surface area contributed by atoms with E-state index in [2.05, 4.69) is 15.0 Å². The van der Waals surface area contributed by atoms with Crippen molar-refractivity contribution >= 4 is 5.97 Å². The highest BCUT2D eigenvalue weighted by atomic mass is 16.5. The van der Waals surface area contributed by atoms with E-state index >= 15 is 0 Å². The van der Waals surface area contributed by atoms with Crippen LogP contribution in [-0.2, 0) is 9.53 Å². The number of hydrogen-bond acceptors (Lipinski definition) is 5. The van der Waals surface area contributed by atoms with Gasteiger partial charge in [-0.15, -0.1) is 0 Å². The maximum atomic E-state index is 10.8. The molecule has 5 nitrogen and oxygen atoms in total. The van der Waals surface area contributed by atoms with Gasteiger partial charge in [-0.3, -0.25) is 4.79 Å². The summed E-state index contributed by atoms with van der Waals surface area (Å²) >= 11 is 0. The Labute approximate surface area is 71.0 Å². The topological polar surface area (TPSA) is 77.0 Å². The van der Waals surface area contributed by atoms with Gasteiger partial charge in [0, 0.05) is 19.3 Å². The minimum atomic E-state index is -0.344. The number of methoxy groups -OCH3 is 1. The van der Waals surface area contributed by atoms with Crippen molar-refractivity contribution in [3.8, 4) is 0 Å². The van der Waals surface area contributed by atoms with Crippen LogP contribution < -0.4 is 5.73 Å². The van der Waals surface area contributed by atoms with Gasteiger partial charge >= 0.3 is 5.97 Å². The third-order valence-electron chi connectivity index (χ3n) is 1.88. The van der Waals surface area contributed by atoms with Crippen LogP contribution in [0.4, 0.5) is 0 Å². The summed E-state index contributed by atoms with van der Waals surface area (Å²) in [6.07, 6.45) is 1.71. The third kappa shape index (κ3) is 2.27. The van der Waals surface area contributed by atoms with Crippen molar-refractivity contribution in [3.63, 3.8) is 0 Å². The standard InChI is InChI=1S/C7H13N3O2/c1-12-6(11)2-3-7(4-5-8)9-10-7/h2-5,8H2,1H3. The van der Waals surface area contributed by atoms with Gasteiger partial charge in [0.2, 0.25) is 0 Å². The molecule has 0 saturated carbocycles. The molecule has 0 saturated heterocycles. The van der Waals surface area contributed by atoms with E-state index in [-0.39, 0.29) is 11.6 Å². The van der Waals surface area contributed by atoms with Crippen LogP contribution in [0.3, 0.4) is 0 Å². The number of nitrogens with zero attached hydrogens (tertiary/aromatic N) is 2. The highest BCUT2D eigenvalue weighted by Crippen LogP contribution is 2.35. The number of esters is 1. The summed E-state index contributed by atoms with van der Waals surface area (Å²) in [4.78, 5) is 10.8. The van der Waals surface area contributed by atoms with Gasteiger partial charge < -0.3 is 10.5 Å². The molecule has 0 aromatic heterocycles. The number of carbonyl (C=O) groups excluding carboxylic acids is 1. The maximum Gasteiger partial charge on any atom is 0.305 e. The minimum absolute atomic E-state index is 0.219. The molecule has 0 radical (unpaired) electrons. The lowest BCUT2D eigenvalue weighted by atomic mass is 10.0. The SMILES string of the molecule is COC(=O)CCC1(CCN)N=N1. The predicted molar refractivity (Wildman–Crippen MR) is 42.5 cm³/mol. The zero-order valence-electron chi connectivity index (χ0n) is 7.12. The summed E-state index contributed by atoms with van der Waals surface area (Å²) < 4.78 is 4.50. The molecule has 1 aliphatic rings. The Morgan fingerprint density at radius 2 is 2.17 bits per heavy atom. The van der Waals surface area contributed by atoms with E-state index in [0.717, 1.165) is 6.42 Å². The monoisotopic (exact) mass is 171 g/mol. The highest BCUT2D eigenvalue weighted by molar-refractivity contribution is 5.69. The Bertz CT molecular complexity index is 197. The van der Waals surface area contributed by atoms with Crippen LogP contribution in [0, 0.1) is 0 Å². The fourth-order valence-electron chi connectivity index (χ4n) is 1.03. The second-order valence-electron chi connectivity index (χ2n) is 2.80. The van der Waals surface area contributed by atoms with E-state index in [1.165, 1.54) is 7.11 Å². The van der Waals surface area contributed by atoms with Gasteiger partial charge in [0.1, 0.15) is 0 Å². The van der Waals surface area contributed by atoms with Gasteiger partial charge in [0.15, 0.2) is 5.66 Å². The Morgan fingerprint density at radius 3 is 2.58 bits per heavy atom. The number of carbonyl (C=O) groups is 1. The molecule has 0 atom stereocenters. The van der Waals surface area contributed by atoms with E-state index in [1.807, 2.05) is 0 Å². The fraction of sp³-hybridized carbons (Fsp3) is 0.857. The van der Waals surface area contributed by atoms with Crippen molar-refractivity contribution in [2.45, 2.75) is 24.9 Å². The summed E-state index contributed by atoms with van der Waals surface area (Å²) in [7, 11) is 1.37. The third-order valence-corrected chi connectivity index (χ3v) is 1.88. The molecule has 2 N–H and O–H groups in total. The van der Waals surface area contributed by atoms with E-state index < -0.39 is 0 Å². The first-order valence-corrected chi connectivity index (χ1v) is 3.93. The van der Waals surface area contributed by atoms with Crippen LogP contribution in [0.15, 0.2) is 10.2 Å². The summed E-state index contributed by atoms with van der Waals surface area (Å²) in [5.74, 6) is -0.219. The van der Waals surface area contributed by atoms with Crippen LogP contribution in [0.5, 0.6) is 0 Å². The molecule has 12 heavy (non-hydrogen) atoms. The molecule has 68 valence electrons. The number of nitrogens with two attached hydrogens (primary N) is 1. The van der Waals surface area contributed by atoms with Gasteiger partial charge in [-0.05, 0) is 6.54 Å². The van der Waals surface area contributed by atoms with Crippen molar-refractivity contribution < 1.29 is 9.53 Å². The predicted octanol–water partition coefficient (Wildman–Crippen LogP) is 0.450. The molecule has 0 aromatic carbocycles.